The lowest BCUT2D eigenvalue weighted by Crippen LogP contribution is -2.48. The van der Waals surface area contributed by atoms with Crippen molar-refractivity contribution in [2.75, 3.05) is 38.8 Å². The zero-order valence-electron chi connectivity index (χ0n) is 22.4. The summed E-state index contributed by atoms with van der Waals surface area (Å²) >= 11 is 0. The van der Waals surface area contributed by atoms with Gasteiger partial charge in [-0.25, -0.2) is 4.79 Å². The first kappa shape index (κ1) is 27.0. The van der Waals surface area contributed by atoms with Crippen LogP contribution in [0.2, 0.25) is 0 Å². The van der Waals surface area contributed by atoms with Crippen molar-refractivity contribution in [1.29, 1.82) is 0 Å². The topological polar surface area (TPSA) is 68.3 Å². The van der Waals surface area contributed by atoms with Crippen molar-refractivity contribution in [3.63, 3.8) is 0 Å². The Morgan fingerprint density at radius 3 is 2.16 bits per heavy atom. The lowest BCUT2D eigenvalue weighted by Gasteiger charge is -2.42. The van der Waals surface area contributed by atoms with Crippen LogP contribution in [0.3, 0.4) is 0 Å². The molecule has 200 valence electrons. The van der Waals surface area contributed by atoms with Crippen LogP contribution < -0.4 is 14.4 Å². The predicted octanol–water partition coefficient (Wildman–Crippen LogP) is 5.82. The summed E-state index contributed by atoms with van der Waals surface area (Å²) in [5.74, 6) is 1.28. The lowest BCUT2D eigenvalue weighted by molar-refractivity contribution is -0.120. The summed E-state index contributed by atoms with van der Waals surface area (Å²) in [6.45, 7) is 3.73. The maximum absolute atomic E-state index is 13.9. The molecule has 3 aromatic carbocycles. The summed E-state index contributed by atoms with van der Waals surface area (Å²) in [7, 11) is 3.20. The fourth-order valence-electron chi connectivity index (χ4n) is 5.16. The molecule has 2 amide bonds. The Balaban J connectivity index is 1.51. The minimum Gasteiger partial charge on any atom is -0.497 e. The van der Waals surface area contributed by atoms with Crippen molar-refractivity contribution in [3.8, 4) is 11.5 Å². The molecule has 0 bridgehead atoms. The number of carbonyl (C=O) groups is 2. The number of hydrogen-bond donors (Lipinski definition) is 0. The van der Waals surface area contributed by atoms with Gasteiger partial charge in [-0.15, -0.1) is 0 Å². The Morgan fingerprint density at radius 1 is 0.895 bits per heavy atom. The summed E-state index contributed by atoms with van der Waals surface area (Å²) in [6.07, 6.45) is 1.32. The molecule has 1 saturated heterocycles. The third-order valence-corrected chi connectivity index (χ3v) is 7.35. The minimum atomic E-state index is -0.395. The molecule has 0 unspecified atom stereocenters. The fourth-order valence-corrected chi connectivity index (χ4v) is 5.16. The number of benzene rings is 3. The highest BCUT2D eigenvalue weighted by molar-refractivity contribution is 5.96. The largest absolute Gasteiger partial charge is 0.497 e. The van der Waals surface area contributed by atoms with E-state index in [4.69, 9.17) is 14.2 Å². The Kier molecular flexibility index (Phi) is 8.89. The Hall–Kier alpha value is -4.00. The van der Waals surface area contributed by atoms with Gasteiger partial charge in [-0.05, 0) is 43.0 Å². The smallest absolute Gasteiger partial charge is 0.410 e. The molecular formula is C31H36N2O5. The van der Waals surface area contributed by atoms with E-state index < -0.39 is 5.41 Å². The lowest BCUT2D eigenvalue weighted by atomic mass is 9.70. The van der Waals surface area contributed by atoms with Crippen LogP contribution in [0.5, 0.6) is 11.5 Å². The molecule has 0 aliphatic carbocycles. The van der Waals surface area contributed by atoms with Crippen molar-refractivity contribution in [3.05, 3.63) is 90.0 Å². The summed E-state index contributed by atoms with van der Waals surface area (Å²) in [5, 5.41) is 0. The Bertz CT molecular complexity index is 1210. The van der Waals surface area contributed by atoms with Crippen LogP contribution in [0, 0.1) is 0 Å². The molecule has 0 aromatic heterocycles. The van der Waals surface area contributed by atoms with Crippen LogP contribution in [0.4, 0.5) is 10.5 Å². The number of anilines is 1. The molecule has 7 heteroatoms. The Labute approximate surface area is 224 Å². The van der Waals surface area contributed by atoms with Gasteiger partial charge in [0, 0.05) is 37.5 Å². The van der Waals surface area contributed by atoms with Crippen molar-refractivity contribution >= 4 is 17.7 Å². The average molecular weight is 517 g/mol. The van der Waals surface area contributed by atoms with Gasteiger partial charge in [0.15, 0.2) is 0 Å². The number of hydrogen-bond acceptors (Lipinski definition) is 5. The van der Waals surface area contributed by atoms with Crippen LogP contribution in [-0.2, 0) is 21.6 Å². The number of amides is 2. The number of methoxy groups -OCH3 is 2. The van der Waals surface area contributed by atoms with Crippen molar-refractivity contribution in [1.82, 2.24) is 4.90 Å². The van der Waals surface area contributed by atoms with Crippen molar-refractivity contribution in [2.24, 2.45) is 0 Å². The number of carbonyl (C=O) groups excluding carboxylic acids is 2. The van der Waals surface area contributed by atoms with Gasteiger partial charge >= 0.3 is 6.09 Å². The number of likely N-dealkylation sites (tertiary alicyclic amines) is 1. The molecule has 1 aliphatic rings. The number of piperidine rings is 1. The molecule has 7 nitrogen and oxygen atoms in total. The predicted molar refractivity (Wildman–Crippen MR) is 148 cm³/mol. The second kappa shape index (κ2) is 12.5. The van der Waals surface area contributed by atoms with Gasteiger partial charge in [0.05, 0.1) is 19.9 Å². The molecule has 1 aliphatic heterocycles. The molecule has 38 heavy (non-hydrogen) atoms. The average Bonchev–Trinajstić information content (AvgIpc) is 2.97. The van der Waals surface area contributed by atoms with Crippen LogP contribution in [0.1, 0.15) is 37.3 Å². The van der Waals surface area contributed by atoms with Gasteiger partial charge in [-0.1, -0.05) is 60.7 Å². The molecule has 0 atom stereocenters. The van der Waals surface area contributed by atoms with E-state index in [1.807, 2.05) is 73.7 Å². The van der Waals surface area contributed by atoms with E-state index in [1.54, 1.807) is 24.0 Å². The van der Waals surface area contributed by atoms with E-state index in [-0.39, 0.29) is 18.6 Å². The SMILES string of the molecule is CCN(C(=O)CC1(c2ccccc2)CCN(C(=O)OCc2ccccc2)CC1)c1cc(OC)ccc1OC. The zero-order valence-corrected chi connectivity index (χ0v) is 22.4. The van der Waals surface area contributed by atoms with Gasteiger partial charge in [0.1, 0.15) is 18.1 Å². The first-order valence-electron chi connectivity index (χ1n) is 13.0. The van der Waals surface area contributed by atoms with Gasteiger partial charge in [0.25, 0.3) is 0 Å². The highest BCUT2D eigenvalue weighted by Crippen LogP contribution is 2.41. The van der Waals surface area contributed by atoms with Crippen LogP contribution in [0.25, 0.3) is 0 Å². The molecule has 0 radical (unpaired) electrons. The number of rotatable bonds is 9. The molecule has 0 saturated carbocycles. The van der Waals surface area contributed by atoms with E-state index in [9.17, 15) is 9.59 Å². The van der Waals surface area contributed by atoms with Crippen LogP contribution in [-0.4, -0.2) is 50.8 Å². The molecule has 0 N–H and O–H groups in total. The molecular weight excluding hydrogens is 480 g/mol. The molecule has 4 rings (SSSR count). The van der Waals surface area contributed by atoms with Crippen LogP contribution >= 0.6 is 0 Å². The highest BCUT2D eigenvalue weighted by Gasteiger charge is 2.40. The number of ether oxygens (including phenoxy) is 3. The first-order chi connectivity index (χ1) is 18.5. The van der Waals surface area contributed by atoms with Gasteiger partial charge in [0.2, 0.25) is 5.91 Å². The Morgan fingerprint density at radius 2 is 1.55 bits per heavy atom. The van der Waals surface area contributed by atoms with E-state index in [0.29, 0.717) is 56.1 Å². The van der Waals surface area contributed by atoms with Crippen LogP contribution in [0.15, 0.2) is 78.9 Å². The fraction of sp³-hybridized carbons (Fsp3) is 0.355. The summed E-state index contributed by atoms with van der Waals surface area (Å²) in [6, 6.07) is 25.3. The monoisotopic (exact) mass is 516 g/mol. The first-order valence-corrected chi connectivity index (χ1v) is 13.0. The third-order valence-electron chi connectivity index (χ3n) is 7.35. The third kappa shape index (κ3) is 6.10. The highest BCUT2D eigenvalue weighted by atomic mass is 16.6. The summed E-state index contributed by atoms with van der Waals surface area (Å²) in [4.78, 5) is 30.2. The van der Waals surface area contributed by atoms with E-state index in [1.165, 1.54) is 0 Å². The molecule has 0 spiro atoms. The standard InChI is InChI=1S/C31H36N2O5/c1-4-33(27-21-26(36-2)15-16-28(27)37-3)29(34)22-31(25-13-9-6-10-14-25)17-19-32(20-18-31)30(35)38-23-24-11-7-5-8-12-24/h5-16,21H,4,17-20,22-23H2,1-3H3. The normalized spacial score (nSPS) is 14.4. The number of nitrogens with zero attached hydrogens (tertiary/aromatic N) is 2. The second-order valence-electron chi connectivity index (χ2n) is 9.53. The second-order valence-corrected chi connectivity index (χ2v) is 9.53. The minimum absolute atomic E-state index is 0.00279. The van der Waals surface area contributed by atoms with Crippen molar-refractivity contribution < 1.29 is 23.8 Å². The quantitative estimate of drug-likeness (QED) is 0.359. The molecule has 1 heterocycles. The van der Waals surface area contributed by atoms with Gasteiger partial charge < -0.3 is 24.0 Å². The zero-order chi connectivity index (χ0) is 27.0. The van der Waals surface area contributed by atoms with E-state index in [2.05, 4.69) is 12.1 Å². The summed E-state index contributed by atoms with van der Waals surface area (Å²) < 4.78 is 16.5. The van der Waals surface area contributed by atoms with Gasteiger partial charge in [-0.3, -0.25) is 4.79 Å². The van der Waals surface area contributed by atoms with Gasteiger partial charge in [-0.2, -0.15) is 0 Å². The molecule has 1 fully saturated rings. The summed E-state index contributed by atoms with van der Waals surface area (Å²) in [5.41, 5.74) is 2.35. The van der Waals surface area contributed by atoms with E-state index in [0.717, 1.165) is 11.1 Å². The maximum Gasteiger partial charge on any atom is 0.410 e. The van der Waals surface area contributed by atoms with E-state index >= 15 is 0 Å². The van der Waals surface area contributed by atoms with Crippen molar-refractivity contribution in [2.45, 2.75) is 38.2 Å². The maximum atomic E-state index is 13.9. The molecule has 3 aromatic rings.